The Morgan fingerprint density at radius 1 is 1.09 bits per heavy atom. The third-order valence-corrected chi connectivity index (χ3v) is 4.21. The molecule has 22 heavy (non-hydrogen) atoms. The lowest BCUT2D eigenvalue weighted by molar-refractivity contribution is 0.455. The van der Waals surface area contributed by atoms with E-state index in [0.717, 1.165) is 16.9 Å². The minimum absolute atomic E-state index is 0.0149. The maximum absolute atomic E-state index is 5.76. The van der Waals surface area contributed by atoms with E-state index in [2.05, 4.69) is 28.2 Å². The highest BCUT2D eigenvalue weighted by Gasteiger charge is 2.18. The van der Waals surface area contributed by atoms with Crippen LogP contribution < -0.4 is 0 Å². The number of aryl methyl sites for hydroxylation is 3. The van der Waals surface area contributed by atoms with E-state index in [0.29, 0.717) is 17.0 Å². The Morgan fingerprint density at radius 2 is 1.91 bits per heavy atom. The fourth-order valence-electron chi connectivity index (χ4n) is 2.18. The van der Waals surface area contributed by atoms with E-state index in [9.17, 15) is 0 Å². The van der Waals surface area contributed by atoms with E-state index < -0.39 is 0 Å². The molecule has 0 aliphatic rings. The van der Waals surface area contributed by atoms with Gasteiger partial charge < -0.3 is 8.83 Å². The molecule has 2 heterocycles. The van der Waals surface area contributed by atoms with E-state index in [1.165, 1.54) is 17.3 Å². The highest BCUT2D eigenvalue weighted by Crippen LogP contribution is 2.35. The predicted octanol–water partition coefficient (Wildman–Crippen LogP) is 4.50. The molecule has 0 saturated carbocycles. The van der Waals surface area contributed by atoms with Crippen molar-refractivity contribution in [1.82, 2.24) is 15.2 Å². The largest absolute Gasteiger partial charge is 0.445 e. The van der Waals surface area contributed by atoms with E-state index in [1.54, 1.807) is 6.20 Å². The topological polar surface area (TPSA) is 65.0 Å². The maximum Gasteiger partial charge on any atom is 0.277 e. The summed E-state index contributed by atoms with van der Waals surface area (Å²) in [5.74, 6) is 1.99. The molecule has 3 aromatic rings. The number of rotatable bonds is 4. The van der Waals surface area contributed by atoms with Crippen molar-refractivity contribution in [2.24, 2.45) is 0 Å². The van der Waals surface area contributed by atoms with Crippen molar-refractivity contribution in [3.63, 3.8) is 0 Å². The molecule has 6 heteroatoms. The normalized spacial score (nSPS) is 12.5. The fourth-order valence-corrected chi connectivity index (χ4v) is 2.91. The molecule has 2 aromatic heterocycles. The van der Waals surface area contributed by atoms with Crippen LogP contribution in [0.1, 0.15) is 35.0 Å². The van der Waals surface area contributed by atoms with Gasteiger partial charge in [0.1, 0.15) is 5.76 Å². The van der Waals surface area contributed by atoms with E-state index in [4.69, 9.17) is 8.83 Å². The third-order valence-electron chi connectivity index (χ3n) is 3.28. The van der Waals surface area contributed by atoms with Gasteiger partial charge in [-0.15, -0.1) is 10.2 Å². The van der Waals surface area contributed by atoms with E-state index in [-0.39, 0.29) is 5.25 Å². The van der Waals surface area contributed by atoms with Crippen LogP contribution in [-0.2, 0) is 0 Å². The van der Waals surface area contributed by atoms with Gasteiger partial charge >= 0.3 is 0 Å². The highest BCUT2D eigenvalue weighted by molar-refractivity contribution is 7.99. The molecule has 3 rings (SSSR count). The summed E-state index contributed by atoms with van der Waals surface area (Å²) in [6.45, 7) is 7.97. The molecule has 0 N–H and O–H groups in total. The molecular formula is C16H17N3O2S. The number of benzene rings is 1. The standard InChI is InChI=1S/C16H17N3O2S/c1-9-5-6-13(10(2)7-9)15-18-19-16(21-15)22-12(4)14-17-8-11(3)20-14/h5-8,12H,1-4H3/t12-/m1/s1. The first-order valence-corrected chi connectivity index (χ1v) is 7.91. The van der Waals surface area contributed by atoms with Gasteiger partial charge in [-0.05, 0) is 39.3 Å². The molecule has 0 amide bonds. The Balaban J connectivity index is 1.79. The van der Waals surface area contributed by atoms with Crippen molar-refractivity contribution in [1.29, 1.82) is 0 Å². The quantitative estimate of drug-likeness (QED) is 0.660. The molecule has 1 atom stereocenters. The van der Waals surface area contributed by atoms with Crippen LogP contribution in [0.4, 0.5) is 0 Å². The Morgan fingerprint density at radius 3 is 2.59 bits per heavy atom. The zero-order valence-corrected chi connectivity index (χ0v) is 13.8. The van der Waals surface area contributed by atoms with Crippen LogP contribution in [0.25, 0.3) is 11.5 Å². The molecule has 0 fully saturated rings. The predicted molar refractivity (Wildman–Crippen MR) is 84.7 cm³/mol. The minimum Gasteiger partial charge on any atom is -0.445 e. The SMILES string of the molecule is Cc1ccc(-c2nnc(S[C@H](C)c3ncc(C)o3)o2)c(C)c1. The molecule has 0 spiro atoms. The molecular weight excluding hydrogens is 298 g/mol. The smallest absolute Gasteiger partial charge is 0.277 e. The van der Waals surface area contributed by atoms with Crippen LogP contribution in [-0.4, -0.2) is 15.2 Å². The second-order valence-electron chi connectivity index (χ2n) is 5.26. The fraction of sp³-hybridized carbons (Fsp3) is 0.312. The molecule has 5 nitrogen and oxygen atoms in total. The van der Waals surface area contributed by atoms with E-state index >= 15 is 0 Å². The van der Waals surface area contributed by atoms with Crippen LogP contribution in [0, 0.1) is 20.8 Å². The lowest BCUT2D eigenvalue weighted by Gasteiger charge is -2.03. The van der Waals surface area contributed by atoms with Gasteiger partial charge in [-0.1, -0.05) is 29.5 Å². The van der Waals surface area contributed by atoms with Crippen LogP contribution >= 0.6 is 11.8 Å². The van der Waals surface area contributed by atoms with Crippen LogP contribution in [0.15, 0.2) is 38.5 Å². The van der Waals surface area contributed by atoms with Crippen molar-refractivity contribution in [2.45, 2.75) is 38.2 Å². The lowest BCUT2D eigenvalue weighted by atomic mass is 10.1. The van der Waals surface area contributed by atoms with Crippen LogP contribution in [0.5, 0.6) is 0 Å². The van der Waals surface area contributed by atoms with Crippen molar-refractivity contribution >= 4 is 11.8 Å². The van der Waals surface area contributed by atoms with Gasteiger partial charge in [0.25, 0.3) is 5.22 Å². The summed E-state index contributed by atoms with van der Waals surface area (Å²) in [7, 11) is 0. The first-order chi connectivity index (χ1) is 10.5. The number of thioether (sulfide) groups is 1. The van der Waals surface area contributed by atoms with Gasteiger partial charge in [-0.3, -0.25) is 0 Å². The zero-order chi connectivity index (χ0) is 15.7. The van der Waals surface area contributed by atoms with Crippen molar-refractivity contribution in [2.75, 3.05) is 0 Å². The molecule has 0 unspecified atom stereocenters. The molecule has 0 radical (unpaired) electrons. The summed E-state index contributed by atoms with van der Waals surface area (Å²) in [4.78, 5) is 4.22. The summed E-state index contributed by atoms with van der Waals surface area (Å²) in [5.41, 5.74) is 3.30. The molecule has 1 aromatic carbocycles. The zero-order valence-electron chi connectivity index (χ0n) is 13.0. The Labute approximate surface area is 133 Å². The summed E-state index contributed by atoms with van der Waals surface area (Å²) in [6.07, 6.45) is 1.71. The van der Waals surface area contributed by atoms with Gasteiger partial charge in [0, 0.05) is 5.56 Å². The van der Waals surface area contributed by atoms with Gasteiger partial charge in [-0.25, -0.2) is 4.98 Å². The summed E-state index contributed by atoms with van der Waals surface area (Å²) in [5, 5.41) is 8.77. The average molecular weight is 315 g/mol. The lowest BCUT2D eigenvalue weighted by Crippen LogP contribution is -1.87. The second-order valence-corrected chi connectivity index (χ2v) is 6.55. The monoisotopic (exact) mass is 315 g/mol. The van der Waals surface area contributed by atoms with Crippen molar-refractivity contribution in [3.8, 4) is 11.5 Å². The van der Waals surface area contributed by atoms with Crippen LogP contribution in [0.3, 0.4) is 0 Å². The maximum atomic E-state index is 5.76. The Kier molecular flexibility index (Phi) is 4.02. The van der Waals surface area contributed by atoms with Gasteiger partial charge in [0.15, 0.2) is 0 Å². The van der Waals surface area contributed by atoms with Gasteiger partial charge in [0.05, 0.1) is 11.4 Å². The first kappa shape index (κ1) is 14.8. The molecule has 0 aliphatic carbocycles. The first-order valence-electron chi connectivity index (χ1n) is 7.03. The van der Waals surface area contributed by atoms with Gasteiger partial charge in [0.2, 0.25) is 11.8 Å². The summed E-state index contributed by atoms with van der Waals surface area (Å²) >= 11 is 1.44. The molecule has 0 bridgehead atoms. The van der Waals surface area contributed by atoms with E-state index in [1.807, 2.05) is 32.9 Å². The Hall–Kier alpha value is -2.08. The molecule has 0 aliphatic heterocycles. The molecule has 114 valence electrons. The van der Waals surface area contributed by atoms with Gasteiger partial charge in [-0.2, -0.15) is 0 Å². The third kappa shape index (κ3) is 3.06. The average Bonchev–Trinajstić information content (AvgIpc) is 3.08. The number of nitrogens with zero attached hydrogens (tertiary/aromatic N) is 3. The second kappa shape index (κ2) is 5.96. The summed E-state index contributed by atoms with van der Waals surface area (Å²) in [6, 6.07) is 6.15. The number of aromatic nitrogens is 3. The van der Waals surface area contributed by atoms with Crippen LogP contribution in [0.2, 0.25) is 0 Å². The molecule has 0 saturated heterocycles. The number of oxazole rings is 1. The Bertz CT molecular complexity index is 794. The highest BCUT2D eigenvalue weighted by atomic mass is 32.2. The minimum atomic E-state index is 0.0149. The summed E-state index contributed by atoms with van der Waals surface area (Å²) < 4.78 is 11.3. The van der Waals surface area contributed by atoms with Crippen molar-refractivity contribution in [3.05, 3.63) is 47.2 Å². The van der Waals surface area contributed by atoms with Crippen molar-refractivity contribution < 1.29 is 8.83 Å². The number of hydrogen-bond acceptors (Lipinski definition) is 6. The number of hydrogen-bond donors (Lipinski definition) is 0.